The van der Waals surface area contributed by atoms with Crippen LogP contribution in [-0.2, 0) is 0 Å². The Morgan fingerprint density at radius 2 is 1.45 bits per heavy atom. The van der Waals surface area contributed by atoms with Gasteiger partial charge in [-0.2, -0.15) is 5.26 Å². The topological polar surface area (TPSA) is 23.8 Å². The summed E-state index contributed by atoms with van der Waals surface area (Å²) in [4.78, 5) is 0. The fourth-order valence-electron chi connectivity index (χ4n) is 2.35. The molecule has 0 saturated heterocycles. The SMILES string of the molecule is Cc1ccc2sc3ccccc3c2c1.N#Cc1ccccc1. The number of nitrogens with zero attached hydrogens (tertiary/aromatic N) is 1. The molecule has 2 heteroatoms. The van der Waals surface area contributed by atoms with E-state index >= 15 is 0 Å². The molecule has 0 N–H and O–H groups in total. The molecule has 22 heavy (non-hydrogen) atoms. The van der Waals surface area contributed by atoms with Gasteiger partial charge in [0, 0.05) is 20.2 Å². The maximum Gasteiger partial charge on any atom is 0.0991 e. The third-order valence-electron chi connectivity index (χ3n) is 3.44. The van der Waals surface area contributed by atoms with E-state index in [0.29, 0.717) is 5.56 Å². The minimum Gasteiger partial charge on any atom is -0.192 e. The summed E-state index contributed by atoms with van der Waals surface area (Å²) in [5.74, 6) is 0. The fourth-order valence-corrected chi connectivity index (χ4v) is 3.44. The van der Waals surface area contributed by atoms with Crippen molar-refractivity contribution in [1.82, 2.24) is 0 Å². The second-order valence-electron chi connectivity index (χ2n) is 5.08. The predicted molar refractivity (Wildman–Crippen MR) is 95.2 cm³/mol. The lowest BCUT2D eigenvalue weighted by molar-refractivity contribution is 1.49. The zero-order valence-electron chi connectivity index (χ0n) is 12.3. The number of thiophene rings is 1. The van der Waals surface area contributed by atoms with Crippen molar-refractivity contribution in [2.24, 2.45) is 0 Å². The lowest BCUT2D eigenvalue weighted by atomic mass is 10.1. The third kappa shape index (κ3) is 3.00. The monoisotopic (exact) mass is 301 g/mol. The van der Waals surface area contributed by atoms with E-state index in [1.165, 1.54) is 25.7 Å². The average molecular weight is 301 g/mol. The Morgan fingerprint density at radius 3 is 2.18 bits per heavy atom. The molecule has 0 saturated carbocycles. The largest absolute Gasteiger partial charge is 0.192 e. The Balaban J connectivity index is 0.000000154. The first-order valence-electron chi connectivity index (χ1n) is 7.11. The van der Waals surface area contributed by atoms with E-state index in [9.17, 15) is 0 Å². The summed E-state index contributed by atoms with van der Waals surface area (Å²) in [6.45, 7) is 2.14. The van der Waals surface area contributed by atoms with E-state index in [0.717, 1.165) is 0 Å². The molecule has 0 radical (unpaired) electrons. The van der Waals surface area contributed by atoms with Crippen molar-refractivity contribution < 1.29 is 0 Å². The van der Waals surface area contributed by atoms with Crippen LogP contribution >= 0.6 is 11.3 Å². The number of rotatable bonds is 0. The van der Waals surface area contributed by atoms with Crippen LogP contribution in [0.4, 0.5) is 0 Å². The van der Waals surface area contributed by atoms with Crippen molar-refractivity contribution in [3.8, 4) is 6.07 Å². The lowest BCUT2D eigenvalue weighted by Gasteiger charge is -1.92. The average Bonchev–Trinajstić information content (AvgIpc) is 2.94. The Hall–Kier alpha value is -2.63. The first kappa shape index (κ1) is 14.3. The van der Waals surface area contributed by atoms with Crippen LogP contribution in [0.25, 0.3) is 20.2 Å². The van der Waals surface area contributed by atoms with Gasteiger partial charge in [0.2, 0.25) is 0 Å². The van der Waals surface area contributed by atoms with E-state index in [1.54, 1.807) is 12.1 Å². The number of aryl methyl sites for hydroxylation is 1. The standard InChI is InChI=1S/C13H10S.C7H5N/c1-9-6-7-13-11(8-9)10-4-2-3-5-12(10)14-13;8-6-7-4-2-1-3-5-7/h2-8H,1H3;1-5H. The summed E-state index contributed by atoms with van der Waals surface area (Å²) in [6.07, 6.45) is 0. The number of hydrogen-bond acceptors (Lipinski definition) is 2. The van der Waals surface area contributed by atoms with Crippen LogP contribution in [-0.4, -0.2) is 0 Å². The maximum atomic E-state index is 8.29. The molecule has 106 valence electrons. The Labute approximate surface area is 134 Å². The summed E-state index contributed by atoms with van der Waals surface area (Å²) in [5.41, 5.74) is 2.05. The molecule has 0 aliphatic rings. The smallest absolute Gasteiger partial charge is 0.0991 e. The van der Waals surface area contributed by atoms with Gasteiger partial charge in [-0.25, -0.2) is 0 Å². The molecule has 0 spiro atoms. The first-order valence-corrected chi connectivity index (χ1v) is 7.92. The van der Waals surface area contributed by atoms with Crippen molar-refractivity contribution in [1.29, 1.82) is 5.26 Å². The van der Waals surface area contributed by atoms with Gasteiger partial charge >= 0.3 is 0 Å². The summed E-state index contributed by atoms with van der Waals surface area (Å²) < 4.78 is 2.77. The van der Waals surface area contributed by atoms with Crippen molar-refractivity contribution >= 4 is 31.5 Å². The van der Waals surface area contributed by atoms with Gasteiger partial charge in [-0.1, -0.05) is 48.0 Å². The van der Waals surface area contributed by atoms with E-state index in [-0.39, 0.29) is 0 Å². The van der Waals surface area contributed by atoms with Crippen LogP contribution in [0.1, 0.15) is 11.1 Å². The molecule has 4 aromatic rings. The third-order valence-corrected chi connectivity index (χ3v) is 4.59. The molecule has 0 unspecified atom stereocenters. The lowest BCUT2D eigenvalue weighted by Crippen LogP contribution is -1.69. The van der Waals surface area contributed by atoms with Gasteiger partial charge in [0.05, 0.1) is 11.6 Å². The Kier molecular flexibility index (Phi) is 4.18. The van der Waals surface area contributed by atoms with E-state index in [4.69, 9.17) is 5.26 Å². The molecule has 0 amide bonds. The van der Waals surface area contributed by atoms with Crippen LogP contribution < -0.4 is 0 Å². The highest BCUT2D eigenvalue weighted by Gasteiger charge is 2.02. The van der Waals surface area contributed by atoms with E-state index in [2.05, 4.69) is 49.4 Å². The van der Waals surface area contributed by atoms with Gasteiger partial charge in [-0.3, -0.25) is 0 Å². The fraction of sp³-hybridized carbons (Fsp3) is 0.0500. The molecular formula is C20H15NS. The number of fused-ring (bicyclic) bond motifs is 3. The second kappa shape index (κ2) is 6.43. The Bertz CT molecular complexity index is 946. The molecular weight excluding hydrogens is 286 g/mol. The van der Waals surface area contributed by atoms with E-state index < -0.39 is 0 Å². The number of nitriles is 1. The van der Waals surface area contributed by atoms with Crippen LogP contribution in [0.15, 0.2) is 72.8 Å². The second-order valence-corrected chi connectivity index (χ2v) is 6.16. The van der Waals surface area contributed by atoms with Gasteiger partial charge in [0.15, 0.2) is 0 Å². The Morgan fingerprint density at radius 1 is 0.773 bits per heavy atom. The van der Waals surface area contributed by atoms with Gasteiger partial charge in [0.25, 0.3) is 0 Å². The molecule has 1 aromatic heterocycles. The van der Waals surface area contributed by atoms with Gasteiger partial charge < -0.3 is 0 Å². The first-order chi connectivity index (χ1) is 10.8. The summed E-state index contributed by atoms with van der Waals surface area (Å²) in [7, 11) is 0. The quantitative estimate of drug-likeness (QED) is 0.395. The zero-order chi connectivity index (χ0) is 15.4. The minimum atomic E-state index is 0.715. The number of hydrogen-bond donors (Lipinski definition) is 0. The summed E-state index contributed by atoms with van der Waals surface area (Å²) in [6, 6.07) is 26.4. The maximum absolute atomic E-state index is 8.29. The highest BCUT2D eigenvalue weighted by atomic mass is 32.1. The number of benzene rings is 3. The molecule has 3 aromatic carbocycles. The van der Waals surface area contributed by atoms with Crippen LogP contribution in [0.5, 0.6) is 0 Å². The van der Waals surface area contributed by atoms with Crippen LogP contribution in [0.2, 0.25) is 0 Å². The molecule has 0 fully saturated rings. The summed E-state index contributed by atoms with van der Waals surface area (Å²) >= 11 is 1.87. The van der Waals surface area contributed by atoms with Crippen molar-refractivity contribution in [3.05, 3.63) is 83.9 Å². The minimum absolute atomic E-state index is 0.715. The highest BCUT2D eigenvalue weighted by molar-refractivity contribution is 7.25. The molecule has 4 rings (SSSR count). The molecule has 0 aliphatic heterocycles. The molecule has 0 atom stereocenters. The van der Waals surface area contributed by atoms with Gasteiger partial charge in [0.1, 0.15) is 0 Å². The summed E-state index contributed by atoms with van der Waals surface area (Å²) in [5, 5.41) is 11.1. The highest BCUT2D eigenvalue weighted by Crippen LogP contribution is 2.33. The predicted octanol–water partition coefficient (Wildman–Crippen LogP) is 5.92. The molecule has 1 nitrogen and oxygen atoms in total. The normalized spacial score (nSPS) is 10.0. The van der Waals surface area contributed by atoms with E-state index in [1.807, 2.05) is 35.6 Å². The van der Waals surface area contributed by atoms with Crippen molar-refractivity contribution in [2.75, 3.05) is 0 Å². The molecule has 0 bridgehead atoms. The molecule has 0 aliphatic carbocycles. The van der Waals surface area contributed by atoms with Crippen LogP contribution in [0, 0.1) is 18.3 Å². The molecule has 1 heterocycles. The van der Waals surface area contributed by atoms with Crippen molar-refractivity contribution in [2.45, 2.75) is 6.92 Å². The van der Waals surface area contributed by atoms with Crippen molar-refractivity contribution in [3.63, 3.8) is 0 Å². The zero-order valence-corrected chi connectivity index (χ0v) is 13.1. The van der Waals surface area contributed by atoms with Gasteiger partial charge in [-0.05, 0) is 37.3 Å². The van der Waals surface area contributed by atoms with Gasteiger partial charge in [-0.15, -0.1) is 11.3 Å². The van der Waals surface area contributed by atoms with Crippen LogP contribution in [0.3, 0.4) is 0 Å².